The number of thioether (sulfide) groups is 1. The van der Waals surface area contributed by atoms with Gasteiger partial charge in [-0.2, -0.15) is 0 Å². The Morgan fingerprint density at radius 3 is 3.17 bits per heavy atom. The third kappa shape index (κ3) is 3.13. The van der Waals surface area contributed by atoms with Crippen molar-refractivity contribution in [2.45, 2.75) is 18.6 Å². The Labute approximate surface area is 76.0 Å². The first-order chi connectivity index (χ1) is 5.68. The number of hydrogen-bond acceptors (Lipinski definition) is 4. The second kappa shape index (κ2) is 4.35. The number of carbonyl (C=O) groups is 1. The summed E-state index contributed by atoms with van der Waals surface area (Å²) in [5.74, 6) is -0.279. The molecule has 0 saturated heterocycles. The van der Waals surface area contributed by atoms with Crippen LogP contribution in [0.2, 0.25) is 0 Å². The van der Waals surface area contributed by atoms with Crippen molar-refractivity contribution in [2.24, 2.45) is 10.7 Å². The van der Waals surface area contributed by atoms with E-state index in [-0.39, 0.29) is 5.91 Å². The van der Waals surface area contributed by atoms with Gasteiger partial charge in [-0.05, 0) is 0 Å². The van der Waals surface area contributed by atoms with Gasteiger partial charge in [-0.1, -0.05) is 18.7 Å². The van der Waals surface area contributed by atoms with Crippen molar-refractivity contribution >= 4 is 22.8 Å². The summed E-state index contributed by atoms with van der Waals surface area (Å²) in [6, 6.07) is 0. The van der Waals surface area contributed by atoms with Crippen molar-refractivity contribution in [3.8, 4) is 0 Å². The van der Waals surface area contributed by atoms with E-state index < -0.39 is 0 Å². The summed E-state index contributed by atoms with van der Waals surface area (Å²) in [6.07, 6.45) is 0.369. The Morgan fingerprint density at radius 1 is 1.92 bits per heavy atom. The molecule has 1 atom stereocenters. The van der Waals surface area contributed by atoms with Gasteiger partial charge in [0.1, 0.15) is 0 Å². The number of hydrogen-bond donors (Lipinski definition) is 2. The van der Waals surface area contributed by atoms with E-state index in [0.29, 0.717) is 18.2 Å². The first-order valence-corrected chi connectivity index (χ1v) is 4.79. The van der Waals surface area contributed by atoms with Crippen LogP contribution in [0, 0.1) is 0 Å². The summed E-state index contributed by atoms with van der Waals surface area (Å²) in [4.78, 5) is 14.6. The molecule has 0 fully saturated rings. The highest BCUT2D eigenvalue weighted by Gasteiger charge is 2.13. The second-order valence-corrected chi connectivity index (χ2v) is 4.14. The van der Waals surface area contributed by atoms with E-state index in [1.165, 1.54) is 0 Å². The maximum atomic E-state index is 10.4. The zero-order chi connectivity index (χ0) is 8.97. The lowest BCUT2D eigenvalue weighted by Gasteiger charge is -2.03. The molecule has 0 aromatic heterocycles. The van der Waals surface area contributed by atoms with Crippen LogP contribution in [0.15, 0.2) is 4.99 Å². The molecule has 0 aromatic carbocycles. The smallest absolute Gasteiger partial charge is 0.219 e. The minimum atomic E-state index is -0.279. The summed E-state index contributed by atoms with van der Waals surface area (Å²) in [5.41, 5.74) is 4.98. The molecule has 0 aromatic rings. The van der Waals surface area contributed by atoms with Gasteiger partial charge < -0.3 is 11.1 Å². The first kappa shape index (κ1) is 9.38. The molecule has 1 amide bonds. The van der Waals surface area contributed by atoms with E-state index in [1.807, 2.05) is 0 Å². The third-order valence-electron chi connectivity index (χ3n) is 1.45. The van der Waals surface area contributed by atoms with Gasteiger partial charge in [0, 0.05) is 18.2 Å². The normalized spacial score (nSPS) is 22.1. The Balaban J connectivity index is 2.12. The van der Waals surface area contributed by atoms with E-state index >= 15 is 0 Å². The summed E-state index contributed by atoms with van der Waals surface area (Å²) in [7, 11) is 0. The van der Waals surface area contributed by atoms with Gasteiger partial charge >= 0.3 is 0 Å². The molecule has 68 valence electrons. The number of nitrogens with zero attached hydrogens (tertiary/aromatic N) is 1. The number of rotatable bonds is 3. The minimum absolute atomic E-state index is 0.279. The van der Waals surface area contributed by atoms with E-state index in [9.17, 15) is 4.79 Å². The first-order valence-electron chi connectivity index (χ1n) is 3.92. The van der Waals surface area contributed by atoms with Crippen LogP contribution < -0.4 is 11.1 Å². The molecule has 0 aliphatic carbocycles. The van der Waals surface area contributed by atoms with E-state index in [4.69, 9.17) is 5.73 Å². The number of aliphatic imine (C=N–C) groups is 1. The van der Waals surface area contributed by atoms with Crippen LogP contribution in [0.1, 0.15) is 13.3 Å². The summed E-state index contributed by atoms with van der Waals surface area (Å²) in [5, 5.41) is 4.55. The Bertz CT molecular complexity index is 205. The molecule has 5 heteroatoms. The Hall–Kier alpha value is -0.710. The van der Waals surface area contributed by atoms with Crippen LogP contribution in [0.4, 0.5) is 0 Å². The molecule has 1 aliphatic rings. The number of carbonyl (C=O) groups excluding carboxylic acids is 1. The molecule has 12 heavy (non-hydrogen) atoms. The van der Waals surface area contributed by atoms with Crippen molar-refractivity contribution < 1.29 is 4.79 Å². The van der Waals surface area contributed by atoms with Crippen LogP contribution in [0.5, 0.6) is 0 Å². The van der Waals surface area contributed by atoms with Crippen molar-refractivity contribution in [1.82, 2.24) is 5.32 Å². The van der Waals surface area contributed by atoms with Crippen LogP contribution in [-0.4, -0.2) is 29.4 Å². The highest BCUT2D eigenvalue weighted by molar-refractivity contribution is 8.14. The summed E-state index contributed by atoms with van der Waals surface area (Å²) in [6.45, 7) is 3.58. The standard InChI is InChI=1S/C7H13N3OS/c1-5-4-10-7(12-5)9-3-2-6(8)11/h5H,2-4H2,1H3,(H2,8,11)(H,9,10). The molecule has 1 aliphatic heterocycles. The van der Waals surface area contributed by atoms with E-state index in [0.717, 1.165) is 11.7 Å². The third-order valence-corrected chi connectivity index (χ3v) is 2.50. The zero-order valence-corrected chi connectivity index (χ0v) is 7.86. The fourth-order valence-corrected chi connectivity index (χ4v) is 1.73. The zero-order valence-electron chi connectivity index (χ0n) is 7.04. The van der Waals surface area contributed by atoms with Crippen molar-refractivity contribution in [3.63, 3.8) is 0 Å². The molecular weight excluding hydrogens is 174 g/mol. The maximum absolute atomic E-state index is 10.4. The highest BCUT2D eigenvalue weighted by Crippen LogP contribution is 2.17. The largest absolute Gasteiger partial charge is 0.370 e. The predicted octanol–water partition coefficient (Wildman–Crippen LogP) is -0.0573. The van der Waals surface area contributed by atoms with Crippen LogP contribution in [-0.2, 0) is 4.79 Å². The summed E-state index contributed by atoms with van der Waals surface area (Å²) >= 11 is 1.70. The van der Waals surface area contributed by atoms with Gasteiger partial charge in [0.15, 0.2) is 5.17 Å². The van der Waals surface area contributed by atoms with Gasteiger partial charge in [0.25, 0.3) is 0 Å². The Morgan fingerprint density at radius 2 is 2.67 bits per heavy atom. The quantitative estimate of drug-likeness (QED) is 0.650. The molecular formula is C7H13N3OS. The van der Waals surface area contributed by atoms with Gasteiger partial charge in [-0.25, -0.2) is 0 Å². The molecule has 4 nitrogen and oxygen atoms in total. The summed E-state index contributed by atoms with van der Waals surface area (Å²) < 4.78 is 0. The number of nitrogens with two attached hydrogens (primary N) is 1. The van der Waals surface area contributed by atoms with Gasteiger partial charge in [-0.15, -0.1) is 0 Å². The minimum Gasteiger partial charge on any atom is -0.370 e. The molecule has 1 heterocycles. The monoisotopic (exact) mass is 187 g/mol. The molecule has 3 N–H and O–H groups in total. The average Bonchev–Trinajstić information content (AvgIpc) is 2.35. The van der Waals surface area contributed by atoms with Gasteiger partial charge in [0.05, 0.1) is 6.54 Å². The van der Waals surface area contributed by atoms with Crippen molar-refractivity contribution in [2.75, 3.05) is 13.1 Å². The molecule has 1 rings (SSSR count). The average molecular weight is 187 g/mol. The van der Waals surface area contributed by atoms with Crippen LogP contribution >= 0.6 is 11.8 Å². The number of amides is 1. The van der Waals surface area contributed by atoms with Crippen molar-refractivity contribution in [3.05, 3.63) is 0 Å². The molecule has 1 unspecified atom stereocenters. The predicted molar refractivity (Wildman–Crippen MR) is 51.2 cm³/mol. The fraction of sp³-hybridized carbons (Fsp3) is 0.714. The number of primary amides is 1. The lowest BCUT2D eigenvalue weighted by molar-refractivity contribution is -0.117. The van der Waals surface area contributed by atoms with Gasteiger partial charge in [0.2, 0.25) is 5.91 Å². The second-order valence-electron chi connectivity index (χ2n) is 2.72. The topological polar surface area (TPSA) is 67.5 Å². The lowest BCUT2D eigenvalue weighted by Crippen LogP contribution is -2.25. The molecule has 0 radical (unpaired) electrons. The van der Waals surface area contributed by atoms with Gasteiger partial charge in [-0.3, -0.25) is 9.79 Å². The number of amidine groups is 1. The number of nitrogens with one attached hydrogen (secondary N) is 1. The highest BCUT2D eigenvalue weighted by atomic mass is 32.2. The van der Waals surface area contributed by atoms with Crippen LogP contribution in [0.3, 0.4) is 0 Å². The molecule has 0 bridgehead atoms. The SMILES string of the molecule is CC1CN=C(NCCC(N)=O)S1. The van der Waals surface area contributed by atoms with Crippen molar-refractivity contribution in [1.29, 1.82) is 0 Å². The fourth-order valence-electron chi connectivity index (χ4n) is 0.867. The molecule has 0 saturated carbocycles. The Kier molecular flexibility index (Phi) is 3.40. The van der Waals surface area contributed by atoms with E-state index in [2.05, 4.69) is 17.2 Å². The lowest BCUT2D eigenvalue weighted by atomic mass is 10.4. The van der Waals surface area contributed by atoms with Crippen LogP contribution in [0.25, 0.3) is 0 Å². The van der Waals surface area contributed by atoms with E-state index in [1.54, 1.807) is 11.8 Å². The maximum Gasteiger partial charge on any atom is 0.219 e. The molecule has 0 spiro atoms.